The standard InChI is InChI=1S/C47H83NO5/c1-3-5-7-9-11-13-15-16-17-18-19-20-21-22-23-24-25-27-29-34-38-42-47(52)53-44(39-35-31-28-26-14-12-10-8-6-4-2)40-36-32-30-33-37-41-45(49)48-43-46(50)51/h5,7,11,13,16-17,19-20,44H,3-4,6,8-10,12,14-15,18,21-43H2,1-2H3,(H,48,49)(H,50,51)/b7-5-,13-11-,17-16-,20-19-. The van der Waals surface area contributed by atoms with Gasteiger partial charge in [-0.2, -0.15) is 0 Å². The van der Waals surface area contributed by atoms with Gasteiger partial charge in [0.1, 0.15) is 12.6 Å². The molecule has 1 unspecified atom stereocenters. The van der Waals surface area contributed by atoms with Crippen molar-refractivity contribution in [2.75, 3.05) is 6.54 Å². The first-order valence-electron chi connectivity index (χ1n) is 22.3. The fourth-order valence-electron chi connectivity index (χ4n) is 6.51. The van der Waals surface area contributed by atoms with Gasteiger partial charge in [-0.15, -0.1) is 0 Å². The maximum atomic E-state index is 12.8. The minimum absolute atomic E-state index is 0.0229. The van der Waals surface area contributed by atoms with Crippen molar-refractivity contribution in [2.24, 2.45) is 0 Å². The highest BCUT2D eigenvalue weighted by molar-refractivity contribution is 5.80. The van der Waals surface area contributed by atoms with Crippen LogP contribution in [0.5, 0.6) is 0 Å². The number of amides is 1. The normalized spacial score (nSPS) is 12.5. The molecule has 0 bridgehead atoms. The summed E-state index contributed by atoms with van der Waals surface area (Å²) in [5.74, 6) is -1.23. The zero-order valence-electron chi connectivity index (χ0n) is 34.6. The van der Waals surface area contributed by atoms with Gasteiger partial charge in [-0.3, -0.25) is 14.4 Å². The molecule has 0 radical (unpaired) electrons. The van der Waals surface area contributed by atoms with E-state index in [1.54, 1.807) is 0 Å². The van der Waals surface area contributed by atoms with Crippen LogP contribution in [0.15, 0.2) is 48.6 Å². The molecule has 306 valence electrons. The topological polar surface area (TPSA) is 92.7 Å². The fraction of sp³-hybridized carbons (Fsp3) is 0.766. The number of nitrogens with one attached hydrogen (secondary N) is 1. The Hall–Kier alpha value is -2.63. The number of allylic oxidation sites excluding steroid dienone is 8. The summed E-state index contributed by atoms with van der Waals surface area (Å²) in [6.45, 7) is 4.12. The Kier molecular flexibility index (Phi) is 40.0. The molecule has 2 N–H and O–H groups in total. The van der Waals surface area contributed by atoms with Crippen molar-refractivity contribution in [3.05, 3.63) is 48.6 Å². The van der Waals surface area contributed by atoms with E-state index < -0.39 is 5.97 Å². The largest absolute Gasteiger partial charge is 0.480 e. The molecule has 1 amide bonds. The Balaban J connectivity index is 4.07. The smallest absolute Gasteiger partial charge is 0.322 e. The van der Waals surface area contributed by atoms with Crippen molar-refractivity contribution in [3.63, 3.8) is 0 Å². The number of hydrogen-bond donors (Lipinski definition) is 2. The third kappa shape index (κ3) is 42.0. The van der Waals surface area contributed by atoms with Crippen molar-refractivity contribution in [1.82, 2.24) is 5.32 Å². The average Bonchev–Trinajstić information content (AvgIpc) is 3.14. The van der Waals surface area contributed by atoms with E-state index in [9.17, 15) is 14.4 Å². The highest BCUT2D eigenvalue weighted by Crippen LogP contribution is 2.19. The molecular weight excluding hydrogens is 659 g/mol. The lowest BCUT2D eigenvalue weighted by molar-refractivity contribution is -0.150. The van der Waals surface area contributed by atoms with Crippen LogP contribution in [0, 0.1) is 0 Å². The number of hydrogen-bond acceptors (Lipinski definition) is 4. The van der Waals surface area contributed by atoms with E-state index in [1.165, 1.54) is 103 Å². The SMILES string of the molecule is CC/C=C\C/C=C\C/C=C\C/C=C\CCCCCCCCCCC(=O)OC(CCCCCCCCCCCC)CCCCCCCC(=O)NCC(=O)O. The zero-order chi connectivity index (χ0) is 38.7. The van der Waals surface area contributed by atoms with Gasteiger partial charge in [-0.05, 0) is 77.0 Å². The van der Waals surface area contributed by atoms with Gasteiger partial charge in [0.25, 0.3) is 0 Å². The van der Waals surface area contributed by atoms with Gasteiger partial charge in [-0.1, -0.05) is 178 Å². The molecule has 1 atom stereocenters. The van der Waals surface area contributed by atoms with Crippen molar-refractivity contribution >= 4 is 17.8 Å². The van der Waals surface area contributed by atoms with E-state index in [0.29, 0.717) is 12.8 Å². The Morgan fingerprint density at radius 1 is 0.509 bits per heavy atom. The summed E-state index contributed by atoms with van der Waals surface area (Å²) >= 11 is 0. The number of carbonyl (C=O) groups is 3. The van der Waals surface area contributed by atoms with Gasteiger partial charge in [-0.25, -0.2) is 0 Å². The number of ether oxygens (including phenoxy) is 1. The monoisotopic (exact) mass is 742 g/mol. The predicted molar refractivity (Wildman–Crippen MR) is 226 cm³/mol. The number of rotatable bonds is 40. The van der Waals surface area contributed by atoms with E-state index >= 15 is 0 Å². The average molecular weight is 742 g/mol. The Morgan fingerprint density at radius 3 is 1.42 bits per heavy atom. The first-order valence-corrected chi connectivity index (χ1v) is 22.3. The van der Waals surface area contributed by atoms with Gasteiger partial charge in [0.15, 0.2) is 0 Å². The molecule has 0 aliphatic rings. The molecule has 0 fully saturated rings. The van der Waals surface area contributed by atoms with Gasteiger partial charge < -0.3 is 15.2 Å². The third-order valence-corrected chi connectivity index (χ3v) is 9.77. The minimum atomic E-state index is -1.02. The Labute approximate surface area is 327 Å². The summed E-state index contributed by atoms with van der Waals surface area (Å²) in [5.41, 5.74) is 0. The summed E-state index contributed by atoms with van der Waals surface area (Å²) in [6.07, 6.45) is 53.8. The molecule has 0 aromatic heterocycles. The predicted octanol–water partition coefficient (Wildman–Crippen LogP) is 13.8. The van der Waals surface area contributed by atoms with Crippen LogP contribution >= 0.6 is 0 Å². The van der Waals surface area contributed by atoms with Gasteiger partial charge in [0, 0.05) is 12.8 Å². The van der Waals surface area contributed by atoms with E-state index in [0.717, 1.165) is 89.9 Å². The van der Waals surface area contributed by atoms with Gasteiger partial charge in [0.2, 0.25) is 5.91 Å². The van der Waals surface area contributed by atoms with Crippen LogP contribution in [0.25, 0.3) is 0 Å². The minimum Gasteiger partial charge on any atom is -0.480 e. The first kappa shape index (κ1) is 50.4. The van der Waals surface area contributed by atoms with Crippen LogP contribution in [0.3, 0.4) is 0 Å². The molecule has 0 heterocycles. The molecule has 0 aliphatic carbocycles. The number of carboxylic acids is 1. The van der Waals surface area contributed by atoms with Crippen LogP contribution < -0.4 is 5.32 Å². The second-order valence-electron chi connectivity index (χ2n) is 14.9. The van der Waals surface area contributed by atoms with E-state index in [2.05, 4.69) is 67.8 Å². The summed E-state index contributed by atoms with van der Waals surface area (Å²) in [4.78, 5) is 35.0. The van der Waals surface area contributed by atoms with Crippen LogP contribution in [-0.4, -0.2) is 35.6 Å². The number of unbranched alkanes of at least 4 members (excludes halogenated alkanes) is 21. The molecule has 6 nitrogen and oxygen atoms in total. The van der Waals surface area contributed by atoms with Crippen LogP contribution in [0.1, 0.15) is 219 Å². The first-order chi connectivity index (χ1) is 26.0. The molecule has 6 heteroatoms. The highest BCUT2D eigenvalue weighted by atomic mass is 16.5. The van der Waals surface area contributed by atoms with Crippen molar-refractivity contribution < 1.29 is 24.2 Å². The molecule has 0 aromatic carbocycles. The third-order valence-electron chi connectivity index (χ3n) is 9.77. The molecule has 0 saturated carbocycles. The second kappa shape index (κ2) is 42.1. The number of esters is 1. The van der Waals surface area contributed by atoms with Gasteiger partial charge >= 0.3 is 11.9 Å². The molecule has 0 aromatic rings. The van der Waals surface area contributed by atoms with Crippen molar-refractivity contribution in [2.45, 2.75) is 225 Å². The number of carboxylic acid groups (broad SMARTS) is 1. The van der Waals surface area contributed by atoms with Crippen molar-refractivity contribution in [3.8, 4) is 0 Å². The number of aliphatic carboxylic acids is 1. The summed E-state index contributed by atoms with van der Waals surface area (Å²) in [7, 11) is 0. The lowest BCUT2D eigenvalue weighted by Crippen LogP contribution is -2.28. The molecule has 0 aliphatic heterocycles. The maximum absolute atomic E-state index is 12.8. The number of carbonyl (C=O) groups excluding carboxylic acids is 2. The molecule has 0 spiro atoms. The lowest BCUT2D eigenvalue weighted by atomic mass is 10.0. The maximum Gasteiger partial charge on any atom is 0.322 e. The van der Waals surface area contributed by atoms with E-state index in [4.69, 9.17) is 9.84 Å². The Bertz CT molecular complexity index is 953. The van der Waals surface area contributed by atoms with Crippen LogP contribution in [0.2, 0.25) is 0 Å². The van der Waals surface area contributed by atoms with Gasteiger partial charge in [0.05, 0.1) is 0 Å². The molecule has 0 saturated heterocycles. The summed E-state index contributed by atoms with van der Waals surface area (Å²) in [5, 5.41) is 11.1. The van der Waals surface area contributed by atoms with E-state index in [1.807, 2.05) is 0 Å². The fourth-order valence-corrected chi connectivity index (χ4v) is 6.51. The summed E-state index contributed by atoms with van der Waals surface area (Å²) in [6, 6.07) is 0. The van der Waals surface area contributed by atoms with E-state index in [-0.39, 0.29) is 24.5 Å². The molecule has 0 rings (SSSR count). The highest BCUT2D eigenvalue weighted by Gasteiger charge is 2.14. The Morgan fingerprint density at radius 2 is 0.925 bits per heavy atom. The van der Waals surface area contributed by atoms with Crippen molar-refractivity contribution in [1.29, 1.82) is 0 Å². The van der Waals surface area contributed by atoms with Crippen LogP contribution in [0.4, 0.5) is 0 Å². The molecule has 53 heavy (non-hydrogen) atoms. The molecular formula is C47H83NO5. The zero-order valence-corrected chi connectivity index (χ0v) is 34.6. The lowest BCUT2D eigenvalue weighted by Gasteiger charge is -2.18. The second-order valence-corrected chi connectivity index (χ2v) is 14.9. The quantitative estimate of drug-likeness (QED) is 0.0370. The van der Waals surface area contributed by atoms with Crippen LogP contribution in [-0.2, 0) is 19.1 Å². The summed E-state index contributed by atoms with van der Waals surface area (Å²) < 4.78 is 6.03.